The number of carbonyl (C=O) groups excluding carboxylic acids is 2. The van der Waals surface area contributed by atoms with E-state index in [4.69, 9.17) is 5.73 Å². The minimum atomic E-state index is -0.658. The molecule has 4 N–H and O–H groups in total. The normalized spacial score (nSPS) is 14.2. The van der Waals surface area contributed by atoms with Crippen LogP contribution in [0.5, 0.6) is 0 Å². The molecule has 0 aliphatic rings. The quantitative estimate of drug-likeness (QED) is 0.718. The predicted molar refractivity (Wildman–Crippen MR) is 98.7 cm³/mol. The second kappa shape index (κ2) is 8.44. The first-order valence-corrected chi connectivity index (χ1v) is 8.35. The van der Waals surface area contributed by atoms with Gasteiger partial charge in [-0.05, 0) is 31.4 Å². The highest BCUT2D eigenvalue weighted by Gasteiger charge is 2.30. The van der Waals surface area contributed by atoms with Crippen molar-refractivity contribution in [1.82, 2.24) is 10.6 Å². The zero-order valence-electron chi connectivity index (χ0n) is 14.7. The van der Waals surface area contributed by atoms with E-state index in [1.807, 2.05) is 67.6 Å². The summed E-state index contributed by atoms with van der Waals surface area (Å²) in [6.07, 6.45) is 0.640. The van der Waals surface area contributed by atoms with Crippen LogP contribution in [0.1, 0.15) is 25.0 Å². The van der Waals surface area contributed by atoms with E-state index in [0.29, 0.717) is 6.42 Å². The van der Waals surface area contributed by atoms with Crippen LogP contribution >= 0.6 is 0 Å². The van der Waals surface area contributed by atoms with E-state index in [1.54, 1.807) is 6.92 Å². The lowest BCUT2D eigenvalue weighted by Crippen LogP contribution is -2.53. The summed E-state index contributed by atoms with van der Waals surface area (Å²) < 4.78 is 0. The Kier molecular flexibility index (Phi) is 6.31. The monoisotopic (exact) mass is 339 g/mol. The Bertz CT molecular complexity index is 703. The maximum absolute atomic E-state index is 12.6. The molecule has 0 saturated carbocycles. The van der Waals surface area contributed by atoms with Crippen LogP contribution in [0, 0.1) is 0 Å². The van der Waals surface area contributed by atoms with Gasteiger partial charge in [0.05, 0.1) is 12.1 Å². The lowest BCUT2D eigenvalue weighted by atomic mass is 9.85. The fourth-order valence-electron chi connectivity index (χ4n) is 2.77. The van der Waals surface area contributed by atoms with Gasteiger partial charge in [-0.25, -0.2) is 0 Å². The van der Waals surface area contributed by atoms with Crippen LogP contribution in [-0.2, 0) is 21.5 Å². The Balaban J connectivity index is 2.23. The van der Waals surface area contributed by atoms with Gasteiger partial charge < -0.3 is 16.4 Å². The van der Waals surface area contributed by atoms with Gasteiger partial charge in [-0.3, -0.25) is 9.59 Å². The van der Waals surface area contributed by atoms with E-state index >= 15 is 0 Å². The van der Waals surface area contributed by atoms with E-state index < -0.39 is 11.6 Å². The number of carbonyl (C=O) groups is 2. The fraction of sp³-hybridized carbons (Fsp3) is 0.300. The summed E-state index contributed by atoms with van der Waals surface area (Å²) in [7, 11) is 0. The molecule has 2 aromatic rings. The zero-order chi connectivity index (χ0) is 18.3. The Morgan fingerprint density at radius 2 is 1.60 bits per heavy atom. The molecule has 0 aliphatic heterocycles. The van der Waals surface area contributed by atoms with E-state index in [0.717, 1.165) is 11.1 Å². The highest BCUT2D eigenvalue weighted by molar-refractivity contribution is 5.88. The van der Waals surface area contributed by atoms with Gasteiger partial charge in [0.25, 0.3) is 0 Å². The van der Waals surface area contributed by atoms with Gasteiger partial charge in [-0.1, -0.05) is 60.7 Å². The van der Waals surface area contributed by atoms with Crippen molar-refractivity contribution < 1.29 is 9.59 Å². The Labute approximate surface area is 148 Å². The standard InChI is InChI=1S/C20H25N3O2/c1-15(22-18(24)14-21)19(25)23-20(2,17-11-7-4-8-12-17)13-16-9-5-3-6-10-16/h3-12,15H,13-14,21H2,1-2H3,(H,22,24)(H,23,25)/t15-,20?/m0/s1. The van der Waals surface area contributed by atoms with E-state index in [9.17, 15) is 9.59 Å². The van der Waals surface area contributed by atoms with Crippen LogP contribution in [0.25, 0.3) is 0 Å². The number of nitrogens with one attached hydrogen (secondary N) is 2. The number of amides is 2. The van der Waals surface area contributed by atoms with Crippen molar-refractivity contribution >= 4 is 11.8 Å². The smallest absolute Gasteiger partial charge is 0.242 e. The molecule has 132 valence electrons. The van der Waals surface area contributed by atoms with Crippen LogP contribution < -0.4 is 16.4 Å². The average Bonchev–Trinajstić information content (AvgIpc) is 2.63. The average molecular weight is 339 g/mol. The first kappa shape index (κ1) is 18.7. The zero-order valence-corrected chi connectivity index (χ0v) is 14.7. The largest absolute Gasteiger partial charge is 0.345 e. The van der Waals surface area contributed by atoms with Crippen molar-refractivity contribution in [2.24, 2.45) is 5.73 Å². The second-order valence-electron chi connectivity index (χ2n) is 6.34. The lowest BCUT2D eigenvalue weighted by molar-refractivity contribution is -0.129. The highest BCUT2D eigenvalue weighted by Crippen LogP contribution is 2.25. The fourth-order valence-corrected chi connectivity index (χ4v) is 2.77. The number of nitrogens with two attached hydrogens (primary N) is 1. The number of hydrogen-bond acceptors (Lipinski definition) is 3. The minimum absolute atomic E-state index is 0.141. The molecule has 0 bridgehead atoms. The van der Waals surface area contributed by atoms with Crippen molar-refractivity contribution in [2.45, 2.75) is 31.8 Å². The van der Waals surface area contributed by atoms with Crippen molar-refractivity contribution in [3.63, 3.8) is 0 Å². The molecule has 0 saturated heterocycles. The third-order valence-corrected chi connectivity index (χ3v) is 4.17. The number of hydrogen-bond donors (Lipinski definition) is 3. The molecule has 25 heavy (non-hydrogen) atoms. The molecular formula is C20H25N3O2. The third-order valence-electron chi connectivity index (χ3n) is 4.17. The molecule has 0 radical (unpaired) electrons. The summed E-state index contributed by atoms with van der Waals surface area (Å²) in [6.45, 7) is 3.50. The highest BCUT2D eigenvalue weighted by atomic mass is 16.2. The topological polar surface area (TPSA) is 84.2 Å². The minimum Gasteiger partial charge on any atom is -0.345 e. The summed E-state index contributed by atoms with van der Waals surface area (Å²) in [5.74, 6) is -0.601. The van der Waals surface area contributed by atoms with Crippen LogP contribution in [0.4, 0.5) is 0 Å². The van der Waals surface area contributed by atoms with Crippen molar-refractivity contribution in [3.8, 4) is 0 Å². The Morgan fingerprint density at radius 1 is 1.04 bits per heavy atom. The van der Waals surface area contributed by atoms with Gasteiger partial charge in [-0.15, -0.1) is 0 Å². The molecule has 2 aromatic carbocycles. The van der Waals surface area contributed by atoms with Crippen LogP contribution in [0.2, 0.25) is 0 Å². The molecule has 0 aromatic heterocycles. The Morgan fingerprint density at radius 3 is 2.16 bits per heavy atom. The SMILES string of the molecule is C[C@H](NC(=O)CN)C(=O)NC(C)(Cc1ccccc1)c1ccccc1. The molecule has 0 spiro atoms. The maximum Gasteiger partial charge on any atom is 0.242 e. The molecule has 2 rings (SSSR count). The van der Waals surface area contributed by atoms with Gasteiger partial charge in [0.15, 0.2) is 0 Å². The first-order valence-electron chi connectivity index (χ1n) is 8.35. The molecule has 0 aliphatic carbocycles. The van der Waals surface area contributed by atoms with Gasteiger partial charge in [0, 0.05) is 0 Å². The van der Waals surface area contributed by atoms with Crippen molar-refractivity contribution in [2.75, 3.05) is 6.54 Å². The second-order valence-corrected chi connectivity index (χ2v) is 6.34. The van der Waals surface area contributed by atoms with E-state index in [1.165, 1.54) is 0 Å². The van der Waals surface area contributed by atoms with Crippen LogP contribution in [0.15, 0.2) is 60.7 Å². The number of rotatable bonds is 7. The van der Waals surface area contributed by atoms with Gasteiger partial charge in [-0.2, -0.15) is 0 Å². The molecule has 5 nitrogen and oxygen atoms in total. The van der Waals surface area contributed by atoms with Gasteiger partial charge >= 0.3 is 0 Å². The van der Waals surface area contributed by atoms with Crippen LogP contribution in [0.3, 0.4) is 0 Å². The molecule has 2 atom stereocenters. The maximum atomic E-state index is 12.6. The molecule has 1 unspecified atom stereocenters. The summed E-state index contributed by atoms with van der Waals surface area (Å²) in [5, 5.41) is 5.68. The molecular weight excluding hydrogens is 314 g/mol. The predicted octanol–water partition coefficient (Wildman–Crippen LogP) is 1.72. The lowest BCUT2D eigenvalue weighted by Gasteiger charge is -2.33. The molecule has 5 heteroatoms. The van der Waals surface area contributed by atoms with Crippen molar-refractivity contribution in [1.29, 1.82) is 0 Å². The summed E-state index contributed by atoms with van der Waals surface area (Å²) in [4.78, 5) is 24.0. The first-order chi connectivity index (χ1) is 11.9. The van der Waals surface area contributed by atoms with E-state index in [-0.39, 0.29) is 18.4 Å². The number of benzene rings is 2. The van der Waals surface area contributed by atoms with E-state index in [2.05, 4.69) is 10.6 Å². The van der Waals surface area contributed by atoms with Gasteiger partial charge in [0.1, 0.15) is 6.04 Å². The Hall–Kier alpha value is -2.66. The molecule has 2 amide bonds. The van der Waals surface area contributed by atoms with Crippen molar-refractivity contribution in [3.05, 3.63) is 71.8 Å². The van der Waals surface area contributed by atoms with Gasteiger partial charge in [0.2, 0.25) is 11.8 Å². The molecule has 0 heterocycles. The van der Waals surface area contributed by atoms with Crippen LogP contribution in [-0.4, -0.2) is 24.4 Å². The summed E-state index contributed by atoms with van der Waals surface area (Å²) in [5.41, 5.74) is 6.82. The molecule has 0 fully saturated rings. The summed E-state index contributed by atoms with van der Waals surface area (Å²) >= 11 is 0. The third kappa shape index (κ3) is 5.16. The summed E-state index contributed by atoms with van der Waals surface area (Å²) in [6, 6.07) is 19.2.